The molecular weight excluding hydrogens is 805 g/mol. The average Bonchev–Trinajstić information content (AvgIpc) is 3.95. The Kier molecular flexibility index (Phi) is 9.21. The monoisotopic (exact) mass is 848 g/mol. The minimum Gasteiger partial charge on any atom is -0.454 e. The Morgan fingerprint density at radius 3 is 1.61 bits per heavy atom. The first-order chi connectivity index (χ1) is 32.5. The van der Waals surface area contributed by atoms with Gasteiger partial charge in [0.1, 0.15) is 11.3 Å². The van der Waals surface area contributed by atoms with Crippen molar-refractivity contribution in [3.8, 4) is 11.1 Å². The second kappa shape index (κ2) is 15.6. The van der Waals surface area contributed by atoms with Gasteiger partial charge in [-0.3, -0.25) is 0 Å². The molecule has 0 aliphatic carbocycles. The van der Waals surface area contributed by atoms with E-state index in [4.69, 9.17) is 8.83 Å². The molecule has 0 atom stereocenters. The van der Waals surface area contributed by atoms with E-state index in [1.54, 1.807) is 0 Å². The molecule has 4 heteroatoms. The second-order valence-corrected chi connectivity index (χ2v) is 17.0. The van der Waals surface area contributed by atoms with E-state index in [-0.39, 0.29) is 0 Å². The predicted molar refractivity (Wildman–Crippen MR) is 281 cm³/mol. The maximum Gasteiger partial charge on any atom is 0.159 e. The summed E-state index contributed by atoms with van der Waals surface area (Å²) in [5.74, 6) is 0.754. The molecule has 10 aromatic carbocycles. The normalized spacial score (nSPS) is 11.8. The van der Waals surface area contributed by atoms with Crippen LogP contribution in [0.1, 0.15) is 22.5 Å². The molecule has 0 unspecified atom stereocenters. The number of fused-ring (bicyclic) bond motifs is 4. The number of hydrogen-bond acceptors (Lipinski definition) is 4. The van der Waals surface area contributed by atoms with E-state index in [9.17, 15) is 0 Å². The first-order valence-electron chi connectivity index (χ1n) is 22.4. The van der Waals surface area contributed by atoms with Gasteiger partial charge < -0.3 is 18.6 Å². The number of benzene rings is 10. The van der Waals surface area contributed by atoms with E-state index in [1.807, 2.05) is 18.2 Å². The summed E-state index contributed by atoms with van der Waals surface area (Å²) in [6.45, 7) is 12.4. The second-order valence-electron chi connectivity index (χ2n) is 17.0. The van der Waals surface area contributed by atoms with Crippen molar-refractivity contribution in [1.29, 1.82) is 0 Å². The van der Waals surface area contributed by atoms with E-state index in [2.05, 4.69) is 225 Å². The first-order valence-corrected chi connectivity index (χ1v) is 22.4. The molecule has 4 nitrogen and oxygen atoms in total. The topological polar surface area (TPSA) is 32.8 Å². The number of hydrogen-bond donors (Lipinski definition) is 0. The minimum absolute atomic E-state index is 0.754. The van der Waals surface area contributed by atoms with Gasteiger partial charge in [0.15, 0.2) is 11.2 Å². The van der Waals surface area contributed by atoms with Crippen molar-refractivity contribution in [2.24, 2.45) is 0 Å². The lowest BCUT2D eigenvalue weighted by atomic mass is 9.91. The van der Waals surface area contributed by atoms with Crippen LogP contribution in [0, 0.1) is 13.8 Å². The number of aryl methyl sites for hydroxylation is 2. The van der Waals surface area contributed by atoms with Crippen LogP contribution < -0.4 is 9.80 Å². The van der Waals surface area contributed by atoms with E-state index in [0.717, 1.165) is 100 Å². The Labute approximate surface area is 383 Å². The highest BCUT2D eigenvalue weighted by molar-refractivity contribution is 6.28. The van der Waals surface area contributed by atoms with E-state index < -0.39 is 0 Å². The van der Waals surface area contributed by atoms with Crippen LogP contribution in [-0.2, 0) is 0 Å². The van der Waals surface area contributed by atoms with Gasteiger partial charge in [0.25, 0.3) is 0 Å². The molecule has 0 bridgehead atoms. The molecule has 0 spiro atoms. The van der Waals surface area contributed by atoms with Crippen molar-refractivity contribution >= 4 is 112 Å². The fourth-order valence-corrected chi connectivity index (χ4v) is 10.3. The summed E-state index contributed by atoms with van der Waals surface area (Å²) in [6, 6.07) is 65.1. The van der Waals surface area contributed by atoms with E-state index >= 15 is 0 Å². The zero-order chi connectivity index (χ0) is 44.5. The molecule has 0 radical (unpaired) electrons. The molecule has 66 heavy (non-hydrogen) atoms. The summed E-state index contributed by atoms with van der Waals surface area (Å²) in [6.07, 6.45) is 7.73. The largest absolute Gasteiger partial charge is 0.454 e. The molecule has 12 aromatic rings. The quantitative estimate of drug-likeness (QED) is 0.101. The predicted octanol–water partition coefficient (Wildman–Crippen LogP) is 18.3. The van der Waals surface area contributed by atoms with Crippen molar-refractivity contribution in [3.63, 3.8) is 0 Å². The van der Waals surface area contributed by atoms with Crippen LogP contribution in [0.3, 0.4) is 0 Å². The SMILES string of the molecule is C=C/C=C\c1ccc2oc3c(N(c4ccccc4)c4ccc5ccc6c(N(c7ccccc7)c7cccc8c(-c9ccccc9C)c(C=C)oc78)ccc7ccc4c5c76)cccc3c2c1C. The molecule has 0 saturated carbocycles. The van der Waals surface area contributed by atoms with Gasteiger partial charge in [-0.25, -0.2) is 0 Å². The highest BCUT2D eigenvalue weighted by Crippen LogP contribution is 2.51. The van der Waals surface area contributed by atoms with Crippen LogP contribution in [0.4, 0.5) is 34.1 Å². The van der Waals surface area contributed by atoms with Crippen LogP contribution in [0.15, 0.2) is 216 Å². The summed E-state index contributed by atoms with van der Waals surface area (Å²) in [7, 11) is 0. The average molecular weight is 849 g/mol. The molecule has 0 fully saturated rings. The highest BCUT2D eigenvalue weighted by atomic mass is 16.3. The Balaban J connectivity index is 1.10. The number of rotatable bonds is 10. The molecule has 2 heterocycles. The molecular formula is C62H44N2O2. The third kappa shape index (κ3) is 5.99. The van der Waals surface area contributed by atoms with Gasteiger partial charge in [-0.1, -0.05) is 159 Å². The van der Waals surface area contributed by atoms with Gasteiger partial charge in [-0.15, -0.1) is 0 Å². The Morgan fingerprint density at radius 2 is 1.02 bits per heavy atom. The number of nitrogens with zero attached hydrogens (tertiary/aromatic N) is 2. The number of allylic oxidation sites excluding steroid dienone is 2. The molecule has 314 valence electrons. The van der Waals surface area contributed by atoms with Crippen LogP contribution in [0.5, 0.6) is 0 Å². The van der Waals surface area contributed by atoms with Gasteiger partial charge in [0.05, 0.1) is 22.7 Å². The van der Waals surface area contributed by atoms with Gasteiger partial charge in [-0.2, -0.15) is 0 Å². The fourth-order valence-electron chi connectivity index (χ4n) is 10.3. The molecule has 0 saturated heterocycles. The summed E-state index contributed by atoms with van der Waals surface area (Å²) in [5.41, 5.74) is 14.3. The molecule has 0 aliphatic heterocycles. The zero-order valence-corrected chi connectivity index (χ0v) is 36.8. The number of para-hydroxylation sites is 4. The summed E-state index contributed by atoms with van der Waals surface area (Å²) >= 11 is 0. The van der Waals surface area contributed by atoms with Gasteiger partial charge >= 0.3 is 0 Å². The van der Waals surface area contributed by atoms with Crippen molar-refractivity contribution in [2.75, 3.05) is 9.80 Å². The summed E-state index contributed by atoms with van der Waals surface area (Å²) in [4.78, 5) is 4.72. The van der Waals surface area contributed by atoms with Crippen LogP contribution >= 0.6 is 0 Å². The molecule has 0 aliphatic rings. The molecule has 12 rings (SSSR count). The number of anilines is 6. The van der Waals surface area contributed by atoms with Gasteiger partial charge in [0, 0.05) is 43.9 Å². The van der Waals surface area contributed by atoms with E-state index in [1.165, 1.54) is 32.7 Å². The summed E-state index contributed by atoms with van der Waals surface area (Å²) in [5, 5.41) is 10.3. The zero-order valence-electron chi connectivity index (χ0n) is 36.8. The maximum absolute atomic E-state index is 6.87. The van der Waals surface area contributed by atoms with Gasteiger partial charge in [0.2, 0.25) is 0 Å². The standard InChI is InChI=1S/C62H44N2O2/c1-5-7-19-41-33-38-56-57(40(41)4)49-25-16-27-53(61(49)66-56)63(44-20-10-8-11-21-44)51-36-31-42-30-35-48-52(37-32-43-29-34-47(51)58(42)59(43)48)64(45-22-12-9-13-23-45)54-28-17-26-50-60(55(6-2)65-62(50)54)46-24-15-14-18-39(46)3/h5-38H,1-2H2,3-4H3/b19-7-. The lowest BCUT2D eigenvalue weighted by Crippen LogP contribution is -2.11. The Hall–Kier alpha value is -8.60. The van der Waals surface area contributed by atoms with Crippen LogP contribution in [0.25, 0.3) is 88.5 Å². The third-order valence-electron chi connectivity index (χ3n) is 13.3. The maximum atomic E-state index is 6.87. The van der Waals surface area contributed by atoms with Crippen molar-refractivity contribution in [1.82, 2.24) is 0 Å². The van der Waals surface area contributed by atoms with Crippen LogP contribution in [0.2, 0.25) is 0 Å². The third-order valence-corrected chi connectivity index (χ3v) is 13.3. The van der Waals surface area contributed by atoms with E-state index in [0.29, 0.717) is 0 Å². The lowest BCUT2D eigenvalue weighted by molar-refractivity contribution is 0.606. The first kappa shape index (κ1) is 39.0. The number of furan rings is 2. The van der Waals surface area contributed by atoms with Crippen LogP contribution in [-0.4, -0.2) is 0 Å². The molecule has 0 N–H and O–H groups in total. The highest BCUT2D eigenvalue weighted by Gasteiger charge is 2.27. The molecule has 2 aromatic heterocycles. The minimum atomic E-state index is 0.754. The van der Waals surface area contributed by atoms with Crippen molar-refractivity contribution in [2.45, 2.75) is 13.8 Å². The smallest absolute Gasteiger partial charge is 0.159 e. The van der Waals surface area contributed by atoms with Gasteiger partial charge in [-0.05, 0) is 118 Å². The Morgan fingerprint density at radius 1 is 0.455 bits per heavy atom. The van der Waals surface area contributed by atoms with Crippen molar-refractivity contribution < 1.29 is 8.83 Å². The molecule has 0 amide bonds. The lowest BCUT2D eigenvalue weighted by Gasteiger charge is -2.29. The van der Waals surface area contributed by atoms with Crippen molar-refractivity contribution in [3.05, 3.63) is 230 Å². The fraction of sp³-hybridized carbons (Fsp3) is 0.0323. The Bertz CT molecular complexity index is 3890. The summed E-state index contributed by atoms with van der Waals surface area (Å²) < 4.78 is 13.7.